The van der Waals surface area contributed by atoms with Gasteiger partial charge in [-0.2, -0.15) is 0 Å². The van der Waals surface area contributed by atoms with Crippen molar-refractivity contribution in [2.75, 3.05) is 18.1 Å². The Morgan fingerprint density at radius 3 is 3.11 bits per heavy atom. The van der Waals surface area contributed by atoms with Crippen LogP contribution in [0, 0.1) is 0 Å². The van der Waals surface area contributed by atoms with E-state index in [1.165, 1.54) is 12.8 Å². The van der Waals surface area contributed by atoms with Crippen LogP contribution in [0.1, 0.15) is 19.3 Å². The van der Waals surface area contributed by atoms with Gasteiger partial charge in [0.1, 0.15) is 5.52 Å². The number of anilines is 1. The Morgan fingerprint density at radius 2 is 2.28 bits per heavy atom. The SMILES string of the molecule is Cn1cnc2c(N3CCCCC3CO)cccc21. The molecule has 96 valence electrons. The van der Waals surface area contributed by atoms with E-state index in [1.807, 2.05) is 17.9 Å². The largest absolute Gasteiger partial charge is 0.394 e. The molecule has 1 unspecified atom stereocenters. The number of piperidine rings is 1. The van der Waals surface area contributed by atoms with Gasteiger partial charge in [0.2, 0.25) is 0 Å². The van der Waals surface area contributed by atoms with Crippen molar-refractivity contribution >= 4 is 16.7 Å². The number of fused-ring (bicyclic) bond motifs is 1. The van der Waals surface area contributed by atoms with E-state index in [0.717, 1.165) is 29.7 Å². The second-order valence-electron chi connectivity index (χ2n) is 5.03. The van der Waals surface area contributed by atoms with E-state index in [0.29, 0.717) is 0 Å². The van der Waals surface area contributed by atoms with Crippen LogP contribution in [-0.4, -0.2) is 33.9 Å². The first-order valence-electron chi connectivity index (χ1n) is 6.59. The molecule has 4 heteroatoms. The number of aliphatic hydroxyl groups excluding tert-OH is 1. The molecule has 0 radical (unpaired) electrons. The molecule has 1 atom stereocenters. The van der Waals surface area contributed by atoms with Gasteiger partial charge in [-0.1, -0.05) is 6.07 Å². The van der Waals surface area contributed by atoms with Crippen LogP contribution in [0.4, 0.5) is 5.69 Å². The van der Waals surface area contributed by atoms with Crippen LogP contribution in [0.5, 0.6) is 0 Å². The summed E-state index contributed by atoms with van der Waals surface area (Å²) in [5.41, 5.74) is 3.35. The summed E-state index contributed by atoms with van der Waals surface area (Å²) in [6, 6.07) is 6.52. The van der Waals surface area contributed by atoms with Crippen LogP contribution in [0.25, 0.3) is 11.0 Å². The average Bonchev–Trinajstić information content (AvgIpc) is 2.81. The predicted octanol–water partition coefficient (Wildman–Crippen LogP) is 1.92. The van der Waals surface area contributed by atoms with Gasteiger partial charge in [-0.25, -0.2) is 4.98 Å². The van der Waals surface area contributed by atoms with Gasteiger partial charge >= 0.3 is 0 Å². The topological polar surface area (TPSA) is 41.3 Å². The zero-order valence-electron chi connectivity index (χ0n) is 10.7. The molecule has 1 saturated heterocycles. The van der Waals surface area contributed by atoms with Gasteiger partial charge in [0.05, 0.1) is 30.2 Å². The van der Waals surface area contributed by atoms with Crippen molar-refractivity contribution in [1.29, 1.82) is 0 Å². The van der Waals surface area contributed by atoms with Gasteiger partial charge in [0.25, 0.3) is 0 Å². The molecule has 1 aromatic heterocycles. The molecule has 0 amide bonds. The molecule has 1 N–H and O–H groups in total. The summed E-state index contributed by atoms with van der Waals surface area (Å²) in [7, 11) is 2.01. The quantitative estimate of drug-likeness (QED) is 0.879. The minimum Gasteiger partial charge on any atom is -0.394 e. The van der Waals surface area contributed by atoms with Crippen molar-refractivity contribution in [3.05, 3.63) is 24.5 Å². The van der Waals surface area contributed by atoms with Gasteiger partial charge in [-0.3, -0.25) is 0 Å². The molecule has 1 aliphatic heterocycles. The first kappa shape index (κ1) is 11.5. The Bertz CT molecular complexity index is 549. The predicted molar refractivity (Wildman–Crippen MR) is 72.8 cm³/mol. The van der Waals surface area contributed by atoms with E-state index in [1.54, 1.807) is 0 Å². The minimum absolute atomic E-state index is 0.225. The van der Waals surface area contributed by atoms with E-state index >= 15 is 0 Å². The number of rotatable bonds is 2. The van der Waals surface area contributed by atoms with Crippen LogP contribution < -0.4 is 4.90 Å². The van der Waals surface area contributed by atoms with Crippen LogP contribution in [0.15, 0.2) is 24.5 Å². The molecule has 1 aromatic carbocycles. The fourth-order valence-corrected chi connectivity index (χ4v) is 2.88. The molecular weight excluding hydrogens is 226 g/mol. The number of aryl methyl sites for hydroxylation is 1. The molecule has 0 saturated carbocycles. The number of benzene rings is 1. The molecule has 1 fully saturated rings. The van der Waals surface area contributed by atoms with E-state index in [-0.39, 0.29) is 12.6 Å². The number of hydrogen-bond acceptors (Lipinski definition) is 3. The zero-order valence-corrected chi connectivity index (χ0v) is 10.7. The summed E-state index contributed by atoms with van der Waals surface area (Å²) < 4.78 is 2.04. The average molecular weight is 245 g/mol. The second-order valence-corrected chi connectivity index (χ2v) is 5.03. The van der Waals surface area contributed by atoms with Crippen molar-refractivity contribution in [3.63, 3.8) is 0 Å². The Labute approximate surface area is 107 Å². The highest BCUT2D eigenvalue weighted by atomic mass is 16.3. The third-order valence-electron chi connectivity index (χ3n) is 3.88. The van der Waals surface area contributed by atoms with E-state index in [9.17, 15) is 5.11 Å². The second kappa shape index (κ2) is 4.61. The standard InChI is InChI=1S/C14H19N3O/c1-16-10-15-14-12(16)6-4-7-13(14)17-8-3-2-5-11(17)9-18/h4,6-7,10-11,18H,2-3,5,8-9H2,1H3. The fraction of sp³-hybridized carbons (Fsp3) is 0.500. The van der Waals surface area contributed by atoms with Gasteiger partial charge in [0.15, 0.2) is 0 Å². The van der Waals surface area contributed by atoms with Crippen molar-refractivity contribution in [1.82, 2.24) is 9.55 Å². The van der Waals surface area contributed by atoms with Gasteiger partial charge in [-0.15, -0.1) is 0 Å². The Hall–Kier alpha value is -1.55. The number of para-hydroxylation sites is 1. The molecule has 18 heavy (non-hydrogen) atoms. The Morgan fingerprint density at radius 1 is 1.39 bits per heavy atom. The number of nitrogens with zero attached hydrogens (tertiary/aromatic N) is 3. The lowest BCUT2D eigenvalue weighted by Gasteiger charge is -2.36. The zero-order chi connectivity index (χ0) is 12.5. The molecule has 0 aliphatic carbocycles. The van der Waals surface area contributed by atoms with Gasteiger partial charge in [-0.05, 0) is 31.4 Å². The van der Waals surface area contributed by atoms with E-state index in [2.05, 4.69) is 28.1 Å². The molecule has 0 spiro atoms. The highest BCUT2D eigenvalue weighted by Gasteiger charge is 2.23. The Kier molecular flexibility index (Phi) is 2.96. The number of aromatic nitrogens is 2. The van der Waals surface area contributed by atoms with Gasteiger partial charge < -0.3 is 14.6 Å². The smallest absolute Gasteiger partial charge is 0.112 e. The van der Waals surface area contributed by atoms with E-state index in [4.69, 9.17) is 0 Å². The summed E-state index contributed by atoms with van der Waals surface area (Å²) in [6.45, 7) is 1.24. The molecule has 2 heterocycles. The maximum Gasteiger partial charge on any atom is 0.112 e. The van der Waals surface area contributed by atoms with Crippen molar-refractivity contribution in [2.45, 2.75) is 25.3 Å². The van der Waals surface area contributed by atoms with E-state index < -0.39 is 0 Å². The highest BCUT2D eigenvalue weighted by molar-refractivity contribution is 5.89. The summed E-state index contributed by atoms with van der Waals surface area (Å²) in [5, 5.41) is 9.53. The van der Waals surface area contributed by atoms with Crippen LogP contribution in [0.2, 0.25) is 0 Å². The maximum atomic E-state index is 9.53. The highest BCUT2D eigenvalue weighted by Crippen LogP contribution is 2.30. The van der Waals surface area contributed by atoms with Crippen molar-refractivity contribution < 1.29 is 5.11 Å². The molecule has 4 nitrogen and oxygen atoms in total. The molecule has 3 rings (SSSR count). The maximum absolute atomic E-state index is 9.53. The first-order chi connectivity index (χ1) is 8.81. The number of aliphatic hydroxyl groups is 1. The molecule has 1 aliphatic rings. The molecule has 0 bridgehead atoms. The number of imidazole rings is 1. The molecular formula is C14H19N3O. The lowest BCUT2D eigenvalue weighted by Crippen LogP contribution is -2.42. The fourth-order valence-electron chi connectivity index (χ4n) is 2.88. The Balaban J connectivity index is 2.07. The number of hydrogen-bond donors (Lipinski definition) is 1. The summed E-state index contributed by atoms with van der Waals surface area (Å²) >= 11 is 0. The normalized spacial score (nSPS) is 20.6. The first-order valence-corrected chi connectivity index (χ1v) is 6.59. The summed E-state index contributed by atoms with van der Waals surface area (Å²) in [6.07, 6.45) is 5.32. The summed E-state index contributed by atoms with van der Waals surface area (Å²) in [5.74, 6) is 0. The van der Waals surface area contributed by atoms with Crippen LogP contribution in [-0.2, 0) is 7.05 Å². The lowest BCUT2D eigenvalue weighted by molar-refractivity contribution is 0.240. The van der Waals surface area contributed by atoms with Crippen molar-refractivity contribution in [3.8, 4) is 0 Å². The van der Waals surface area contributed by atoms with Crippen LogP contribution >= 0.6 is 0 Å². The van der Waals surface area contributed by atoms with Gasteiger partial charge in [0, 0.05) is 13.6 Å². The lowest BCUT2D eigenvalue weighted by atomic mass is 10.0. The third kappa shape index (κ3) is 1.77. The minimum atomic E-state index is 0.225. The third-order valence-corrected chi connectivity index (χ3v) is 3.88. The van der Waals surface area contributed by atoms with Crippen LogP contribution in [0.3, 0.4) is 0 Å². The monoisotopic (exact) mass is 245 g/mol. The summed E-state index contributed by atoms with van der Waals surface area (Å²) in [4.78, 5) is 6.82. The molecule has 2 aromatic rings. The van der Waals surface area contributed by atoms with Crippen molar-refractivity contribution in [2.24, 2.45) is 7.05 Å².